The number of nitrogens with zero attached hydrogens (tertiary/aromatic N) is 1. The van der Waals surface area contributed by atoms with Gasteiger partial charge in [-0.25, -0.2) is 0 Å². The highest BCUT2D eigenvalue weighted by molar-refractivity contribution is 5.27. The number of hydrogen-bond acceptors (Lipinski definition) is 3. The Balaban J connectivity index is 0. The van der Waals surface area contributed by atoms with E-state index in [1.54, 1.807) is 6.08 Å². The summed E-state index contributed by atoms with van der Waals surface area (Å²) in [5, 5.41) is 3.81. The van der Waals surface area contributed by atoms with E-state index >= 15 is 0 Å². The fourth-order valence-corrected chi connectivity index (χ4v) is 2.32. The Hall–Kier alpha value is -2.81. The van der Waals surface area contributed by atoms with Crippen molar-refractivity contribution < 1.29 is 9.26 Å². The molecule has 1 aromatic heterocycles. The molecule has 0 fully saturated rings. The van der Waals surface area contributed by atoms with Gasteiger partial charge in [-0.1, -0.05) is 107 Å². The molecule has 0 aliphatic rings. The Kier molecular flexibility index (Phi) is 18.4. The van der Waals surface area contributed by atoms with Gasteiger partial charge < -0.3 is 9.26 Å². The molecule has 0 unspecified atom stereocenters. The Bertz CT molecular complexity index is 856. The van der Waals surface area contributed by atoms with E-state index in [2.05, 4.69) is 82.8 Å². The van der Waals surface area contributed by atoms with Crippen molar-refractivity contribution in [2.24, 2.45) is 0 Å². The standard InChI is InChI=1S/C15H16O.C8H13NO.C3H6.2C2H6/c1-12-6-8-15(9-7-12)16-11-14-5-3-4-13(2)10-14;1-6-5-7(10-9-6)8(2,3)4;1-3-2;2*1-2/h3-10H,11H2,1-2H3;5H,1-4H3;3H,1H2,2H3;2*1-2H3. The molecule has 0 saturated carbocycles. The number of hydrogen-bond donors (Lipinski definition) is 0. The number of benzene rings is 2. The highest BCUT2D eigenvalue weighted by Crippen LogP contribution is 2.22. The van der Waals surface area contributed by atoms with Crippen molar-refractivity contribution in [1.29, 1.82) is 0 Å². The Labute approximate surface area is 203 Å². The smallest absolute Gasteiger partial charge is 0.142 e. The minimum atomic E-state index is 0.0846. The maximum atomic E-state index is 5.70. The van der Waals surface area contributed by atoms with E-state index in [0.29, 0.717) is 6.61 Å². The van der Waals surface area contributed by atoms with Crippen molar-refractivity contribution >= 4 is 0 Å². The number of rotatable bonds is 3. The van der Waals surface area contributed by atoms with E-state index in [1.165, 1.54) is 16.7 Å². The van der Waals surface area contributed by atoms with Crippen LogP contribution in [0.5, 0.6) is 5.75 Å². The molecule has 3 aromatic rings. The highest BCUT2D eigenvalue weighted by Gasteiger charge is 2.18. The van der Waals surface area contributed by atoms with E-state index in [0.717, 1.165) is 17.2 Å². The number of ether oxygens (including phenoxy) is 1. The molecule has 0 aliphatic heterocycles. The lowest BCUT2D eigenvalue weighted by Gasteiger charge is -2.11. The summed E-state index contributed by atoms with van der Waals surface area (Å²) in [4.78, 5) is 0. The Morgan fingerprint density at radius 1 is 0.879 bits per heavy atom. The molecular formula is C30H47NO2. The lowest BCUT2D eigenvalue weighted by Crippen LogP contribution is -2.09. The molecule has 2 aromatic carbocycles. The van der Waals surface area contributed by atoms with E-state index < -0.39 is 0 Å². The topological polar surface area (TPSA) is 35.3 Å². The van der Waals surface area contributed by atoms with Gasteiger partial charge in [0.05, 0.1) is 5.69 Å². The maximum Gasteiger partial charge on any atom is 0.142 e. The second-order valence-electron chi connectivity index (χ2n) is 8.08. The predicted molar refractivity (Wildman–Crippen MR) is 145 cm³/mol. The molecule has 0 saturated heterocycles. The molecule has 184 valence electrons. The zero-order valence-electron chi connectivity index (χ0n) is 23.0. The third-order valence-corrected chi connectivity index (χ3v) is 3.88. The first kappa shape index (κ1) is 32.4. The first-order valence-electron chi connectivity index (χ1n) is 11.9. The molecule has 3 rings (SSSR count). The first-order chi connectivity index (χ1) is 15.7. The third kappa shape index (κ3) is 15.6. The van der Waals surface area contributed by atoms with Crippen LogP contribution in [0.1, 0.15) is 83.5 Å². The van der Waals surface area contributed by atoms with Gasteiger partial charge in [0.2, 0.25) is 0 Å². The molecule has 0 amide bonds. The van der Waals surface area contributed by atoms with Gasteiger partial charge in [0.1, 0.15) is 18.1 Å². The van der Waals surface area contributed by atoms with Crippen molar-refractivity contribution in [3.63, 3.8) is 0 Å². The molecule has 0 aliphatic carbocycles. The summed E-state index contributed by atoms with van der Waals surface area (Å²) in [7, 11) is 0. The monoisotopic (exact) mass is 453 g/mol. The van der Waals surface area contributed by atoms with Crippen LogP contribution in [-0.4, -0.2) is 5.16 Å². The summed E-state index contributed by atoms with van der Waals surface area (Å²) >= 11 is 0. The molecule has 3 nitrogen and oxygen atoms in total. The molecule has 0 radical (unpaired) electrons. The lowest BCUT2D eigenvalue weighted by atomic mass is 9.93. The Morgan fingerprint density at radius 3 is 1.82 bits per heavy atom. The van der Waals surface area contributed by atoms with Gasteiger partial charge >= 0.3 is 0 Å². The van der Waals surface area contributed by atoms with Crippen LogP contribution in [0.4, 0.5) is 0 Å². The minimum absolute atomic E-state index is 0.0846. The second-order valence-corrected chi connectivity index (χ2v) is 8.08. The van der Waals surface area contributed by atoms with Gasteiger partial charge in [-0.15, -0.1) is 6.58 Å². The summed E-state index contributed by atoms with van der Waals surface area (Å²) < 4.78 is 10.8. The van der Waals surface area contributed by atoms with Crippen LogP contribution in [0, 0.1) is 20.8 Å². The average Bonchev–Trinajstić information content (AvgIpc) is 3.24. The van der Waals surface area contributed by atoms with Gasteiger partial charge in [-0.2, -0.15) is 0 Å². The number of aryl methyl sites for hydroxylation is 3. The van der Waals surface area contributed by atoms with Crippen LogP contribution in [-0.2, 0) is 12.0 Å². The van der Waals surface area contributed by atoms with Crippen molar-refractivity contribution in [1.82, 2.24) is 5.16 Å². The molecule has 0 N–H and O–H groups in total. The largest absolute Gasteiger partial charge is 0.489 e. The quantitative estimate of drug-likeness (QED) is 0.370. The van der Waals surface area contributed by atoms with Crippen molar-refractivity contribution in [2.45, 2.75) is 88.2 Å². The first-order valence-corrected chi connectivity index (χ1v) is 11.9. The maximum absolute atomic E-state index is 5.70. The molecule has 1 heterocycles. The van der Waals surface area contributed by atoms with E-state index in [4.69, 9.17) is 9.26 Å². The molecule has 3 heteroatoms. The summed E-state index contributed by atoms with van der Waals surface area (Å²) in [6, 6.07) is 18.5. The normalized spacial score (nSPS) is 9.30. The lowest BCUT2D eigenvalue weighted by molar-refractivity contribution is 0.306. The van der Waals surface area contributed by atoms with Crippen LogP contribution in [0.25, 0.3) is 0 Å². The van der Waals surface area contributed by atoms with Gasteiger partial charge in [-0.3, -0.25) is 0 Å². The molecule has 33 heavy (non-hydrogen) atoms. The van der Waals surface area contributed by atoms with Gasteiger partial charge in [0.15, 0.2) is 0 Å². The van der Waals surface area contributed by atoms with Crippen LogP contribution < -0.4 is 4.74 Å². The molecular weight excluding hydrogens is 406 g/mol. The van der Waals surface area contributed by atoms with Crippen molar-refractivity contribution in [2.75, 3.05) is 0 Å². The van der Waals surface area contributed by atoms with Crippen LogP contribution >= 0.6 is 0 Å². The van der Waals surface area contributed by atoms with Crippen LogP contribution in [0.15, 0.2) is 71.8 Å². The Morgan fingerprint density at radius 2 is 1.42 bits per heavy atom. The van der Waals surface area contributed by atoms with E-state index in [-0.39, 0.29) is 5.41 Å². The van der Waals surface area contributed by atoms with Gasteiger partial charge in [-0.05, 0) is 45.4 Å². The van der Waals surface area contributed by atoms with E-state index in [9.17, 15) is 0 Å². The van der Waals surface area contributed by atoms with Gasteiger partial charge in [0, 0.05) is 11.5 Å². The summed E-state index contributed by atoms with van der Waals surface area (Å²) in [5.74, 6) is 1.87. The zero-order chi connectivity index (χ0) is 25.9. The van der Waals surface area contributed by atoms with Crippen molar-refractivity contribution in [3.8, 4) is 5.75 Å². The molecule has 0 atom stereocenters. The fourth-order valence-electron chi connectivity index (χ4n) is 2.32. The second kappa shape index (κ2) is 18.7. The van der Waals surface area contributed by atoms with Gasteiger partial charge in [0.25, 0.3) is 0 Å². The summed E-state index contributed by atoms with van der Waals surface area (Å²) in [6.45, 7) is 26.3. The van der Waals surface area contributed by atoms with Crippen LogP contribution in [0.2, 0.25) is 0 Å². The number of allylic oxidation sites excluding steroid dienone is 1. The zero-order valence-corrected chi connectivity index (χ0v) is 23.0. The van der Waals surface area contributed by atoms with Crippen LogP contribution in [0.3, 0.4) is 0 Å². The summed E-state index contributed by atoms with van der Waals surface area (Å²) in [5.41, 5.74) is 4.76. The fraction of sp³-hybridized carbons (Fsp3) is 0.433. The number of aromatic nitrogens is 1. The molecule has 0 bridgehead atoms. The third-order valence-electron chi connectivity index (χ3n) is 3.88. The average molecular weight is 454 g/mol. The minimum Gasteiger partial charge on any atom is -0.489 e. The summed E-state index contributed by atoms with van der Waals surface area (Å²) in [6.07, 6.45) is 1.75. The SMILES string of the molecule is C=CC.CC.CC.Cc1cc(C(C)(C)C)on1.Cc1ccc(OCc2cccc(C)c2)cc1. The van der Waals surface area contributed by atoms with Crippen molar-refractivity contribution in [3.05, 3.63) is 95.4 Å². The molecule has 0 spiro atoms. The van der Waals surface area contributed by atoms with E-state index in [1.807, 2.05) is 59.7 Å². The predicted octanol–water partition coefficient (Wildman–Crippen LogP) is 9.41. The highest BCUT2D eigenvalue weighted by atomic mass is 16.5.